The fourth-order valence-electron chi connectivity index (χ4n) is 1.08. The summed E-state index contributed by atoms with van der Waals surface area (Å²) in [5, 5.41) is 10.4. The molecule has 96 valence electrons. The maximum absolute atomic E-state index is 9.53. The van der Waals surface area contributed by atoms with E-state index in [9.17, 15) is 5.11 Å². The number of hydrogen-bond donors (Lipinski definition) is 2. The molecular formula is C11H15Cl2NO3. The highest BCUT2D eigenvalue weighted by Crippen LogP contribution is 2.26. The number of aliphatic hydroxyl groups is 1. The van der Waals surface area contributed by atoms with Crippen LogP contribution in [0.25, 0.3) is 0 Å². The van der Waals surface area contributed by atoms with Crippen LogP contribution in [0.15, 0.2) is 18.2 Å². The molecule has 0 amide bonds. The van der Waals surface area contributed by atoms with E-state index in [4.69, 9.17) is 32.8 Å². The Labute approximate surface area is 110 Å². The van der Waals surface area contributed by atoms with E-state index >= 15 is 0 Å². The fraction of sp³-hybridized carbons (Fsp3) is 0.455. The van der Waals surface area contributed by atoms with Gasteiger partial charge in [0.2, 0.25) is 0 Å². The third-order valence-electron chi connectivity index (χ3n) is 1.90. The number of rotatable bonds is 7. The summed E-state index contributed by atoms with van der Waals surface area (Å²) in [5.74, 6) is 0.565. The minimum atomic E-state index is -0.656. The van der Waals surface area contributed by atoms with E-state index in [-0.39, 0.29) is 6.61 Å². The molecule has 1 rings (SSSR count). The quantitative estimate of drug-likeness (QED) is 0.594. The van der Waals surface area contributed by atoms with Gasteiger partial charge in [-0.05, 0) is 19.1 Å². The molecule has 1 atom stereocenters. The van der Waals surface area contributed by atoms with E-state index in [0.717, 1.165) is 0 Å². The Balaban J connectivity index is 2.31. The van der Waals surface area contributed by atoms with E-state index < -0.39 is 6.10 Å². The highest BCUT2D eigenvalue weighted by atomic mass is 35.5. The van der Waals surface area contributed by atoms with Crippen molar-refractivity contribution in [3.8, 4) is 5.75 Å². The summed E-state index contributed by atoms with van der Waals surface area (Å²) in [6.45, 7) is 2.85. The molecule has 1 aromatic carbocycles. The lowest BCUT2D eigenvalue weighted by Gasteiger charge is -2.13. The normalized spacial score (nSPS) is 12.5. The van der Waals surface area contributed by atoms with E-state index in [0.29, 0.717) is 28.9 Å². The third-order valence-corrected chi connectivity index (χ3v) is 2.64. The average molecular weight is 280 g/mol. The number of benzene rings is 1. The van der Waals surface area contributed by atoms with Crippen LogP contribution < -0.4 is 10.2 Å². The maximum atomic E-state index is 9.53. The van der Waals surface area contributed by atoms with Crippen LogP contribution in [0.3, 0.4) is 0 Å². The van der Waals surface area contributed by atoms with Gasteiger partial charge < -0.3 is 14.7 Å². The highest BCUT2D eigenvalue weighted by molar-refractivity contribution is 6.42. The summed E-state index contributed by atoms with van der Waals surface area (Å²) in [7, 11) is 0. The van der Waals surface area contributed by atoms with Crippen molar-refractivity contribution < 1.29 is 14.7 Å². The van der Waals surface area contributed by atoms with E-state index in [1.165, 1.54) is 0 Å². The monoisotopic (exact) mass is 279 g/mol. The van der Waals surface area contributed by atoms with Crippen LogP contribution in [0, 0.1) is 0 Å². The standard InChI is InChI=1S/C11H15Cl2NO3/c1-2-17-14-6-8(15)7-16-9-3-4-10(12)11(13)5-9/h3-5,8,14-15H,2,6-7H2,1H3. The minimum Gasteiger partial charge on any atom is -0.491 e. The Morgan fingerprint density at radius 1 is 1.35 bits per heavy atom. The molecule has 2 N–H and O–H groups in total. The van der Waals surface area contributed by atoms with Gasteiger partial charge in [-0.2, -0.15) is 5.48 Å². The Hall–Kier alpha value is -0.520. The van der Waals surface area contributed by atoms with Crippen molar-refractivity contribution >= 4 is 23.2 Å². The molecule has 1 unspecified atom stereocenters. The van der Waals surface area contributed by atoms with Crippen molar-refractivity contribution in [2.45, 2.75) is 13.0 Å². The Morgan fingerprint density at radius 2 is 2.12 bits per heavy atom. The summed E-state index contributed by atoms with van der Waals surface area (Å²) < 4.78 is 5.35. The first-order chi connectivity index (χ1) is 8.13. The molecule has 0 saturated carbocycles. The van der Waals surface area contributed by atoms with E-state index in [1.54, 1.807) is 18.2 Å². The summed E-state index contributed by atoms with van der Waals surface area (Å²) in [4.78, 5) is 4.89. The maximum Gasteiger partial charge on any atom is 0.121 e. The second-order valence-corrected chi connectivity index (χ2v) is 4.14. The molecule has 0 aromatic heterocycles. The van der Waals surface area contributed by atoms with Gasteiger partial charge in [0.15, 0.2) is 0 Å². The van der Waals surface area contributed by atoms with E-state index in [1.807, 2.05) is 6.92 Å². The van der Waals surface area contributed by atoms with Crippen LogP contribution in [-0.4, -0.2) is 31.0 Å². The van der Waals surface area contributed by atoms with Gasteiger partial charge >= 0.3 is 0 Å². The van der Waals surface area contributed by atoms with Crippen molar-refractivity contribution in [1.82, 2.24) is 5.48 Å². The molecule has 1 aromatic rings. The smallest absolute Gasteiger partial charge is 0.121 e. The molecule has 0 bridgehead atoms. The zero-order valence-electron chi connectivity index (χ0n) is 9.45. The molecule has 0 radical (unpaired) electrons. The van der Waals surface area contributed by atoms with Crippen molar-refractivity contribution in [2.24, 2.45) is 0 Å². The average Bonchev–Trinajstić information content (AvgIpc) is 2.31. The van der Waals surface area contributed by atoms with Gasteiger partial charge in [-0.15, -0.1) is 0 Å². The molecule has 0 aliphatic heterocycles. The van der Waals surface area contributed by atoms with Crippen molar-refractivity contribution in [3.63, 3.8) is 0 Å². The van der Waals surface area contributed by atoms with Crippen molar-refractivity contribution in [3.05, 3.63) is 28.2 Å². The largest absolute Gasteiger partial charge is 0.491 e. The predicted octanol–water partition coefficient (Wildman–Crippen LogP) is 2.27. The van der Waals surface area contributed by atoms with Gasteiger partial charge in [-0.3, -0.25) is 0 Å². The zero-order chi connectivity index (χ0) is 12.7. The van der Waals surface area contributed by atoms with Gasteiger partial charge in [0.1, 0.15) is 18.5 Å². The Kier molecular flexibility index (Phi) is 6.62. The predicted molar refractivity (Wildman–Crippen MR) is 67.6 cm³/mol. The SMILES string of the molecule is CCONCC(O)COc1ccc(Cl)c(Cl)c1. The number of hydrogen-bond acceptors (Lipinski definition) is 4. The number of ether oxygens (including phenoxy) is 1. The summed E-state index contributed by atoms with van der Waals surface area (Å²) in [6.07, 6.45) is -0.656. The summed E-state index contributed by atoms with van der Waals surface area (Å²) >= 11 is 11.6. The molecule has 0 saturated heterocycles. The van der Waals surface area contributed by atoms with Crippen LogP contribution in [0.5, 0.6) is 5.75 Å². The topological polar surface area (TPSA) is 50.7 Å². The zero-order valence-corrected chi connectivity index (χ0v) is 11.0. The molecule has 0 aliphatic rings. The highest BCUT2D eigenvalue weighted by Gasteiger charge is 2.06. The number of hydroxylamine groups is 1. The Bertz CT molecular complexity index is 349. The molecule has 17 heavy (non-hydrogen) atoms. The second-order valence-electron chi connectivity index (χ2n) is 3.32. The first-order valence-electron chi connectivity index (χ1n) is 5.24. The lowest BCUT2D eigenvalue weighted by atomic mass is 10.3. The van der Waals surface area contributed by atoms with Crippen LogP contribution in [0.4, 0.5) is 0 Å². The van der Waals surface area contributed by atoms with Gasteiger partial charge in [-0.1, -0.05) is 23.2 Å². The molecule has 0 heterocycles. The van der Waals surface area contributed by atoms with Crippen molar-refractivity contribution in [2.75, 3.05) is 19.8 Å². The molecule has 6 heteroatoms. The molecule has 4 nitrogen and oxygen atoms in total. The number of halogens is 2. The van der Waals surface area contributed by atoms with Crippen LogP contribution in [0.1, 0.15) is 6.92 Å². The van der Waals surface area contributed by atoms with Crippen LogP contribution >= 0.6 is 23.2 Å². The van der Waals surface area contributed by atoms with Crippen molar-refractivity contribution in [1.29, 1.82) is 0 Å². The van der Waals surface area contributed by atoms with Crippen LogP contribution in [0.2, 0.25) is 10.0 Å². The van der Waals surface area contributed by atoms with Gasteiger partial charge in [0.25, 0.3) is 0 Å². The second kappa shape index (κ2) is 7.74. The Morgan fingerprint density at radius 3 is 2.76 bits per heavy atom. The molecular weight excluding hydrogens is 265 g/mol. The summed E-state index contributed by atoms with van der Waals surface area (Å²) in [6, 6.07) is 4.94. The molecule has 0 aliphatic carbocycles. The van der Waals surface area contributed by atoms with Gasteiger partial charge in [0, 0.05) is 6.07 Å². The first kappa shape index (κ1) is 14.5. The van der Waals surface area contributed by atoms with Gasteiger partial charge in [0.05, 0.1) is 23.2 Å². The van der Waals surface area contributed by atoms with E-state index in [2.05, 4.69) is 5.48 Å². The molecule has 0 fully saturated rings. The summed E-state index contributed by atoms with van der Waals surface area (Å²) in [5.41, 5.74) is 2.61. The van der Waals surface area contributed by atoms with Crippen LogP contribution in [-0.2, 0) is 4.84 Å². The number of nitrogens with one attached hydrogen (secondary N) is 1. The lowest BCUT2D eigenvalue weighted by molar-refractivity contribution is 0.00949. The molecule has 0 spiro atoms. The fourth-order valence-corrected chi connectivity index (χ4v) is 1.36. The lowest BCUT2D eigenvalue weighted by Crippen LogP contribution is -2.31. The number of aliphatic hydroxyl groups excluding tert-OH is 1. The minimum absolute atomic E-state index is 0.151. The third kappa shape index (κ3) is 5.57. The first-order valence-corrected chi connectivity index (χ1v) is 5.99. The van der Waals surface area contributed by atoms with Gasteiger partial charge in [-0.25, -0.2) is 0 Å².